The summed E-state index contributed by atoms with van der Waals surface area (Å²) in [4.78, 5) is 19.6. The summed E-state index contributed by atoms with van der Waals surface area (Å²) in [5, 5.41) is 21.3. The number of non-ortho nitro benzene ring substituents is 1. The number of benzene rings is 1. The molecule has 2 rings (SSSR count). The van der Waals surface area contributed by atoms with Crippen molar-refractivity contribution in [3.8, 4) is 0 Å². The van der Waals surface area contributed by atoms with Crippen molar-refractivity contribution in [2.45, 2.75) is 35.8 Å². The second kappa shape index (κ2) is 6.74. The minimum Gasteiger partial charge on any atom is -0.259 e. The molecule has 0 amide bonds. The highest BCUT2D eigenvalue weighted by Gasteiger charge is 2.44. The van der Waals surface area contributed by atoms with Crippen molar-refractivity contribution in [3.05, 3.63) is 56.3 Å². The second-order valence-electron chi connectivity index (χ2n) is 5.95. The molecule has 1 aliphatic carbocycles. The van der Waals surface area contributed by atoms with Gasteiger partial charge in [-0.3, -0.25) is 20.2 Å². The number of allylic oxidation sites excluding steroid dienone is 2. The Balaban J connectivity index is 2.27. The number of nitrogens with zero attached hydrogens (tertiary/aromatic N) is 2. The lowest BCUT2D eigenvalue weighted by Crippen LogP contribution is -2.47. The van der Waals surface area contributed by atoms with E-state index in [0.29, 0.717) is 0 Å². The second-order valence-corrected chi connectivity index (χ2v) is 10.1. The lowest BCUT2D eigenvalue weighted by atomic mass is 9.93. The largest absolute Gasteiger partial charge is 0.269 e. The van der Waals surface area contributed by atoms with Crippen molar-refractivity contribution < 1.29 is 26.7 Å². The molecule has 26 heavy (non-hydrogen) atoms. The van der Waals surface area contributed by atoms with Gasteiger partial charge in [-0.15, -0.1) is 4.13 Å². The summed E-state index contributed by atoms with van der Waals surface area (Å²) in [6.45, 7) is 1.30. The first-order valence-electron chi connectivity index (χ1n) is 7.24. The SMILES string of the molecule is C[C@@]1(S(=O)(=O)NS(=O)(=O)c2ccc([N+](=O)[O-])cc2)CC=C([N+](=O)[O-])CC1. The van der Waals surface area contributed by atoms with Crippen LogP contribution in [-0.2, 0) is 20.0 Å². The van der Waals surface area contributed by atoms with Crippen LogP contribution in [0.25, 0.3) is 0 Å². The maximum atomic E-state index is 12.6. The summed E-state index contributed by atoms with van der Waals surface area (Å²) >= 11 is 0. The van der Waals surface area contributed by atoms with E-state index in [1.165, 1.54) is 13.0 Å². The van der Waals surface area contributed by atoms with Gasteiger partial charge < -0.3 is 0 Å². The predicted octanol–water partition coefficient (Wildman–Crippen LogP) is 1.31. The summed E-state index contributed by atoms with van der Waals surface area (Å²) in [7, 11) is -8.90. The molecule has 142 valence electrons. The fourth-order valence-electron chi connectivity index (χ4n) is 2.38. The van der Waals surface area contributed by atoms with E-state index in [9.17, 15) is 37.1 Å². The quantitative estimate of drug-likeness (QED) is 0.546. The zero-order valence-corrected chi connectivity index (χ0v) is 15.1. The zero-order valence-electron chi connectivity index (χ0n) is 13.5. The molecule has 0 fully saturated rings. The monoisotopic (exact) mass is 405 g/mol. The van der Waals surface area contributed by atoms with E-state index < -0.39 is 39.5 Å². The van der Waals surface area contributed by atoms with E-state index in [4.69, 9.17) is 0 Å². The molecule has 0 saturated carbocycles. The Bertz CT molecular complexity index is 983. The number of sulfonamides is 2. The van der Waals surface area contributed by atoms with Crippen LogP contribution in [0.4, 0.5) is 5.69 Å². The molecule has 1 aromatic rings. The van der Waals surface area contributed by atoms with Gasteiger partial charge in [0, 0.05) is 18.6 Å². The molecule has 0 aliphatic heterocycles. The maximum absolute atomic E-state index is 12.6. The van der Waals surface area contributed by atoms with Gasteiger partial charge in [0.15, 0.2) is 0 Å². The lowest BCUT2D eigenvalue weighted by molar-refractivity contribution is -0.429. The highest BCUT2D eigenvalue weighted by atomic mass is 32.3. The van der Waals surface area contributed by atoms with Crippen molar-refractivity contribution in [1.82, 2.24) is 4.13 Å². The van der Waals surface area contributed by atoms with Gasteiger partial charge in [-0.25, -0.2) is 16.8 Å². The Morgan fingerprint density at radius 1 is 1.04 bits per heavy atom. The number of nitro groups is 2. The van der Waals surface area contributed by atoms with Crippen molar-refractivity contribution >= 4 is 25.7 Å². The number of nitrogens with one attached hydrogen (secondary N) is 1. The third-order valence-electron chi connectivity index (χ3n) is 4.14. The Labute approximate surface area is 149 Å². The third-order valence-corrected chi connectivity index (χ3v) is 8.46. The summed E-state index contributed by atoms with van der Waals surface area (Å²) in [6.07, 6.45) is 0.725. The number of rotatable bonds is 6. The minimum absolute atomic E-state index is 0.109. The van der Waals surface area contributed by atoms with Crippen LogP contribution in [-0.4, -0.2) is 31.4 Å². The Morgan fingerprint density at radius 2 is 1.62 bits per heavy atom. The van der Waals surface area contributed by atoms with Gasteiger partial charge in [-0.1, -0.05) is 0 Å². The Kier molecular flexibility index (Phi) is 5.17. The van der Waals surface area contributed by atoms with Crippen LogP contribution in [0, 0.1) is 20.2 Å². The van der Waals surface area contributed by atoms with Crippen LogP contribution in [0.15, 0.2) is 40.9 Å². The molecule has 1 atom stereocenters. The first-order chi connectivity index (χ1) is 11.9. The van der Waals surface area contributed by atoms with Crippen molar-refractivity contribution in [2.24, 2.45) is 0 Å². The van der Waals surface area contributed by atoms with Gasteiger partial charge in [-0.05, 0) is 38.0 Å². The predicted molar refractivity (Wildman–Crippen MR) is 89.7 cm³/mol. The minimum atomic E-state index is -4.49. The summed E-state index contributed by atoms with van der Waals surface area (Å²) in [5.74, 6) is 0. The number of hydrogen-bond acceptors (Lipinski definition) is 8. The van der Waals surface area contributed by atoms with Crippen molar-refractivity contribution in [3.63, 3.8) is 0 Å². The molecule has 0 radical (unpaired) electrons. The Hall–Kier alpha value is -2.38. The van der Waals surface area contributed by atoms with Crippen molar-refractivity contribution in [2.75, 3.05) is 0 Å². The normalized spacial score (nSPS) is 21.0. The topological polar surface area (TPSA) is 167 Å². The molecule has 1 N–H and O–H groups in total. The first kappa shape index (κ1) is 19.9. The fourth-order valence-corrected chi connectivity index (χ4v) is 5.89. The molecule has 11 nitrogen and oxygen atoms in total. The summed E-state index contributed by atoms with van der Waals surface area (Å²) in [5.41, 5.74) is -0.459. The van der Waals surface area contributed by atoms with E-state index in [1.807, 2.05) is 0 Å². The highest BCUT2D eigenvalue weighted by molar-refractivity contribution is 8.05. The molecule has 0 unspecified atom stereocenters. The molecule has 0 saturated heterocycles. The van der Waals surface area contributed by atoms with Crippen LogP contribution in [0.2, 0.25) is 0 Å². The Morgan fingerprint density at radius 3 is 2.04 bits per heavy atom. The van der Waals surface area contributed by atoms with Crippen LogP contribution in [0.1, 0.15) is 26.2 Å². The van der Waals surface area contributed by atoms with Gasteiger partial charge in [0.1, 0.15) is 0 Å². The molecule has 0 bridgehead atoms. The van der Waals surface area contributed by atoms with Gasteiger partial charge in [0.2, 0.25) is 15.7 Å². The average molecular weight is 405 g/mol. The van der Waals surface area contributed by atoms with E-state index in [1.54, 1.807) is 4.13 Å². The molecule has 1 aliphatic rings. The van der Waals surface area contributed by atoms with Crippen LogP contribution >= 0.6 is 0 Å². The maximum Gasteiger partial charge on any atom is 0.269 e. The average Bonchev–Trinajstić information content (AvgIpc) is 2.54. The van der Waals surface area contributed by atoms with Crippen molar-refractivity contribution in [1.29, 1.82) is 0 Å². The molecule has 0 heterocycles. The molecule has 1 aromatic carbocycles. The van der Waals surface area contributed by atoms with Gasteiger partial charge in [0.25, 0.3) is 15.7 Å². The smallest absolute Gasteiger partial charge is 0.259 e. The molecular formula is C13H15N3O8S2. The highest BCUT2D eigenvalue weighted by Crippen LogP contribution is 2.34. The van der Waals surface area contributed by atoms with Crippen LogP contribution in [0.5, 0.6) is 0 Å². The molecule has 0 spiro atoms. The number of hydrogen-bond donors (Lipinski definition) is 1. The number of nitro benzene ring substituents is 1. The standard InChI is InChI=1S/C13H15N3O8S2/c1-13(8-6-11(7-9-13)16(19)20)26(23,24)14-25(21,22)12-4-2-10(3-5-12)15(17)18/h2-6,14H,7-9H2,1H3/t13-/m1/s1. The summed E-state index contributed by atoms with van der Waals surface area (Å²) in [6, 6.07) is 3.72. The van der Waals surface area contributed by atoms with Crippen LogP contribution < -0.4 is 4.13 Å². The van der Waals surface area contributed by atoms with Crippen LogP contribution in [0.3, 0.4) is 0 Å². The van der Waals surface area contributed by atoms with Gasteiger partial charge in [0.05, 0.1) is 19.5 Å². The third kappa shape index (κ3) is 3.89. The van der Waals surface area contributed by atoms with E-state index in [-0.39, 0.29) is 30.6 Å². The fraction of sp³-hybridized carbons (Fsp3) is 0.385. The van der Waals surface area contributed by atoms with Gasteiger partial charge in [-0.2, -0.15) is 0 Å². The summed E-state index contributed by atoms with van der Waals surface area (Å²) < 4.78 is 49.8. The zero-order chi connectivity index (χ0) is 19.8. The molecule has 0 aromatic heterocycles. The van der Waals surface area contributed by atoms with E-state index in [0.717, 1.165) is 24.3 Å². The molecular weight excluding hydrogens is 390 g/mol. The molecule has 13 heteroatoms. The van der Waals surface area contributed by atoms with Gasteiger partial charge >= 0.3 is 0 Å². The lowest BCUT2D eigenvalue weighted by Gasteiger charge is -2.30. The van der Waals surface area contributed by atoms with E-state index in [2.05, 4.69) is 0 Å². The van der Waals surface area contributed by atoms with E-state index >= 15 is 0 Å². The first-order valence-corrected chi connectivity index (χ1v) is 10.2.